The molecule has 0 aliphatic carbocycles. The molecule has 0 spiro atoms. The van der Waals surface area contributed by atoms with Gasteiger partial charge >= 0.3 is 11.9 Å². The van der Waals surface area contributed by atoms with E-state index in [1.807, 2.05) is 0 Å². The second-order valence-corrected chi connectivity index (χ2v) is 3.54. The molecule has 0 aliphatic rings. The monoisotopic (exact) mass is 214 g/mol. The number of carbonyl (C=O) groups is 2. The minimum atomic E-state index is -0.391. The van der Waals surface area contributed by atoms with Gasteiger partial charge in [-0.1, -0.05) is 0 Å². The Labute approximate surface area is 85.4 Å². The fourth-order valence-electron chi connectivity index (χ4n) is 0.913. The van der Waals surface area contributed by atoms with E-state index < -0.39 is 5.97 Å². The Morgan fingerprint density at radius 1 is 1.36 bits per heavy atom. The van der Waals surface area contributed by atoms with Gasteiger partial charge in [0.05, 0.1) is 26.2 Å². The Hall–Kier alpha value is -1.36. The average molecular weight is 214 g/mol. The van der Waals surface area contributed by atoms with Crippen molar-refractivity contribution in [1.29, 1.82) is 0 Å². The SMILES string of the molecule is COC(=O)Cc1cc(C(=O)OC)cs1. The van der Waals surface area contributed by atoms with E-state index in [0.717, 1.165) is 4.88 Å². The van der Waals surface area contributed by atoms with Crippen molar-refractivity contribution in [2.75, 3.05) is 14.2 Å². The van der Waals surface area contributed by atoms with Crippen LogP contribution in [0.4, 0.5) is 0 Å². The quantitative estimate of drug-likeness (QED) is 0.710. The molecule has 1 heterocycles. The van der Waals surface area contributed by atoms with Crippen LogP contribution in [0.2, 0.25) is 0 Å². The minimum Gasteiger partial charge on any atom is -0.469 e. The summed E-state index contributed by atoms with van der Waals surface area (Å²) in [5.41, 5.74) is 0.469. The smallest absolute Gasteiger partial charge is 0.338 e. The molecule has 0 atom stereocenters. The van der Waals surface area contributed by atoms with Crippen molar-refractivity contribution < 1.29 is 19.1 Å². The zero-order valence-electron chi connectivity index (χ0n) is 7.90. The van der Waals surface area contributed by atoms with Crippen molar-refractivity contribution in [3.05, 3.63) is 21.9 Å². The predicted octanol–water partition coefficient (Wildman–Crippen LogP) is 1.25. The molecule has 0 amide bonds. The van der Waals surface area contributed by atoms with Gasteiger partial charge in [-0.3, -0.25) is 4.79 Å². The van der Waals surface area contributed by atoms with E-state index in [0.29, 0.717) is 5.56 Å². The molecule has 0 radical (unpaired) electrons. The molecule has 4 nitrogen and oxygen atoms in total. The number of methoxy groups -OCH3 is 2. The zero-order valence-corrected chi connectivity index (χ0v) is 8.72. The summed E-state index contributed by atoms with van der Waals surface area (Å²) in [6.07, 6.45) is 0.193. The van der Waals surface area contributed by atoms with Crippen LogP contribution in [0.1, 0.15) is 15.2 Å². The van der Waals surface area contributed by atoms with Crippen LogP contribution in [0.3, 0.4) is 0 Å². The van der Waals surface area contributed by atoms with Gasteiger partial charge in [-0.2, -0.15) is 0 Å². The highest BCUT2D eigenvalue weighted by molar-refractivity contribution is 7.10. The van der Waals surface area contributed by atoms with Gasteiger partial charge in [-0.15, -0.1) is 11.3 Å². The lowest BCUT2D eigenvalue weighted by molar-refractivity contribution is -0.139. The molecule has 5 heteroatoms. The van der Waals surface area contributed by atoms with Gasteiger partial charge < -0.3 is 9.47 Å². The van der Waals surface area contributed by atoms with E-state index in [2.05, 4.69) is 9.47 Å². The highest BCUT2D eigenvalue weighted by Gasteiger charge is 2.10. The standard InChI is InChI=1S/C9H10O4S/c1-12-8(10)4-7-3-6(5-14-7)9(11)13-2/h3,5H,4H2,1-2H3. The summed E-state index contributed by atoms with van der Waals surface area (Å²) in [6, 6.07) is 1.63. The van der Waals surface area contributed by atoms with Gasteiger partial charge in [0, 0.05) is 10.3 Å². The molecule has 1 aromatic rings. The lowest BCUT2D eigenvalue weighted by Crippen LogP contribution is -2.03. The number of hydrogen-bond donors (Lipinski definition) is 0. The zero-order chi connectivity index (χ0) is 10.6. The van der Waals surface area contributed by atoms with Crippen LogP contribution in [0.5, 0.6) is 0 Å². The average Bonchev–Trinajstić information content (AvgIpc) is 2.65. The van der Waals surface area contributed by atoms with Crippen LogP contribution in [0.25, 0.3) is 0 Å². The fourth-order valence-corrected chi connectivity index (χ4v) is 1.75. The van der Waals surface area contributed by atoms with Crippen molar-refractivity contribution in [1.82, 2.24) is 0 Å². The number of hydrogen-bond acceptors (Lipinski definition) is 5. The molecule has 1 aromatic heterocycles. The molecule has 0 N–H and O–H groups in total. The summed E-state index contributed by atoms with van der Waals surface area (Å²) < 4.78 is 9.03. The normalized spacial score (nSPS) is 9.57. The third kappa shape index (κ3) is 2.56. The minimum absolute atomic E-state index is 0.193. The number of ether oxygens (including phenoxy) is 2. The molecular weight excluding hydrogens is 204 g/mol. The number of rotatable bonds is 3. The van der Waals surface area contributed by atoms with Crippen molar-refractivity contribution in [3.63, 3.8) is 0 Å². The summed E-state index contributed by atoms with van der Waals surface area (Å²) in [6.45, 7) is 0. The molecule has 76 valence electrons. The Morgan fingerprint density at radius 2 is 2.07 bits per heavy atom. The van der Waals surface area contributed by atoms with Gasteiger partial charge in [0.1, 0.15) is 0 Å². The molecule has 0 saturated carbocycles. The summed E-state index contributed by atoms with van der Waals surface area (Å²) in [7, 11) is 2.65. The third-order valence-corrected chi connectivity index (χ3v) is 2.56. The first kappa shape index (κ1) is 10.7. The van der Waals surface area contributed by atoms with E-state index in [4.69, 9.17) is 0 Å². The Morgan fingerprint density at radius 3 is 2.64 bits per heavy atom. The molecule has 0 fully saturated rings. The van der Waals surface area contributed by atoms with Crippen LogP contribution in [0.15, 0.2) is 11.4 Å². The van der Waals surface area contributed by atoms with Crippen molar-refractivity contribution >= 4 is 23.3 Å². The molecule has 0 aliphatic heterocycles. The van der Waals surface area contributed by atoms with Gasteiger partial charge in [-0.25, -0.2) is 4.79 Å². The first-order chi connectivity index (χ1) is 6.67. The molecule has 0 unspecified atom stereocenters. The summed E-state index contributed by atoms with van der Waals surface area (Å²) in [5.74, 6) is -0.708. The summed E-state index contributed by atoms with van der Waals surface area (Å²) in [5, 5.41) is 1.66. The Bertz CT molecular complexity index is 342. The van der Waals surface area contributed by atoms with Gasteiger partial charge in [0.25, 0.3) is 0 Å². The Balaban J connectivity index is 2.68. The maximum absolute atomic E-state index is 11.1. The number of thiophene rings is 1. The molecule has 0 bridgehead atoms. The maximum atomic E-state index is 11.1. The third-order valence-electron chi connectivity index (χ3n) is 1.62. The van der Waals surface area contributed by atoms with Gasteiger partial charge in [-0.05, 0) is 6.07 Å². The van der Waals surface area contributed by atoms with Crippen LogP contribution < -0.4 is 0 Å². The van der Waals surface area contributed by atoms with Crippen molar-refractivity contribution in [2.24, 2.45) is 0 Å². The largest absolute Gasteiger partial charge is 0.469 e. The van der Waals surface area contributed by atoms with Crippen molar-refractivity contribution in [3.8, 4) is 0 Å². The highest BCUT2D eigenvalue weighted by Crippen LogP contribution is 2.16. The molecule has 14 heavy (non-hydrogen) atoms. The predicted molar refractivity (Wildman–Crippen MR) is 51.4 cm³/mol. The van der Waals surface area contributed by atoms with E-state index in [9.17, 15) is 9.59 Å². The van der Waals surface area contributed by atoms with E-state index >= 15 is 0 Å². The van der Waals surface area contributed by atoms with Crippen LogP contribution in [0, 0.1) is 0 Å². The van der Waals surface area contributed by atoms with E-state index in [1.54, 1.807) is 11.4 Å². The van der Waals surface area contributed by atoms with Crippen LogP contribution >= 0.6 is 11.3 Å². The van der Waals surface area contributed by atoms with Crippen LogP contribution in [-0.4, -0.2) is 26.2 Å². The Kier molecular flexibility index (Phi) is 3.64. The highest BCUT2D eigenvalue weighted by atomic mass is 32.1. The number of esters is 2. The lowest BCUT2D eigenvalue weighted by Gasteiger charge is -1.94. The molecular formula is C9H10O4S. The van der Waals surface area contributed by atoms with Crippen LogP contribution in [-0.2, 0) is 20.7 Å². The first-order valence-corrected chi connectivity index (χ1v) is 4.78. The van der Waals surface area contributed by atoms with Crippen molar-refractivity contribution in [2.45, 2.75) is 6.42 Å². The first-order valence-electron chi connectivity index (χ1n) is 3.90. The van der Waals surface area contributed by atoms with Gasteiger partial charge in [0.15, 0.2) is 0 Å². The molecule has 0 saturated heterocycles. The maximum Gasteiger partial charge on any atom is 0.338 e. The lowest BCUT2D eigenvalue weighted by atomic mass is 10.3. The molecule has 1 rings (SSSR count). The number of carbonyl (C=O) groups excluding carboxylic acids is 2. The van der Waals surface area contributed by atoms with E-state index in [-0.39, 0.29) is 12.4 Å². The second kappa shape index (κ2) is 4.76. The topological polar surface area (TPSA) is 52.6 Å². The summed E-state index contributed by atoms with van der Waals surface area (Å²) in [4.78, 5) is 22.7. The van der Waals surface area contributed by atoms with E-state index in [1.165, 1.54) is 25.6 Å². The summed E-state index contributed by atoms with van der Waals surface area (Å²) >= 11 is 1.34. The second-order valence-electron chi connectivity index (χ2n) is 2.55. The molecule has 0 aromatic carbocycles. The fraction of sp³-hybridized carbons (Fsp3) is 0.333. The van der Waals surface area contributed by atoms with Gasteiger partial charge in [0.2, 0.25) is 0 Å².